The molecule has 5 rings (SSSR count). The number of amides is 3. The molecule has 0 aromatic heterocycles. The summed E-state index contributed by atoms with van der Waals surface area (Å²) in [4.78, 5) is 52.7. The van der Waals surface area contributed by atoms with Crippen molar-refractivity contribution in [2.45, 2.75) is 56.1 Å². The zero-order valence-electron chi connectivity index (χ0n) is 15.9. The Kier molecular flexibility index (Phi) is 4.03. The van der Waals surface area contributed by atoms with Crippen LogP contribution in [0.2, 0.25) is 0 Å². The third kappa shape index (κ3) is 2.41. The number of carboxylic acid groups (broad SMARTS) is 1. The minimum absolute atomic E-state index is 0.113. The van der Waals surface area contributed by atoms with E-state index in [0.717, 1.165) is 25.7 Å². The molecule has 0 bridgehead atoms. The van der Waals surface area contributed by atoms with Crippen molar-refractivity contribution >= 4 is 29.4 Å². The van der Waals surface area contributed by atoms with Crippen molar-refractivity contribution in [3.63, 3.8) is 0 Å². The number of carboxylic acids is 1. The molecule has 8 nitrogen and oxygen atoms in total. The molecule has 3 amide bonds. The van der Waals surface area contributed by atoms with Crippen LogP contribution in [0.1, 0.15) is 44.1 Å². The van der Waals surface area contributed by atoms with Crippen LogP contribution in [-0.4, -0.2) is 45.8 Å². The van der Waals surface area contributed by atoms with Crippen molar-refractivity contribution in [2.75, 3.05) is 5.32 Å². The number of benzene rings is 1. The monoisotopic (exact) mass is 397 g/mol. The van der Waals surface area contributed by atoms with E-state index in [2.05, 4.69) is 10.6 Å². The van der Waals surface area contributed by atoms with Crippen LogP contribution in [0, 0.1) is 11.8 Å². The maximum absolute atomic E-state index is 13.6. The van der Waals surface area contributed by atoms with Crippen molar-refractivity contribution < 1.29 is 24.3 Å². The van der Waals surface area contributed by atoms with Crippen molar-refractivity contribution in [3.05, 3.63) is 29.8 Å². The summed E-state index contributed by atoms with van der Waals surface area (Å²) in [6.45, 7) is 0. The summed E-state index contributed by atoms with van der Waals surface area (Å²) < 4.78 is 0. The molecule has 3 N–H and O–H groups in total. The number of hydrogen-bond acceptors (Lipinski definition) is 5. The Labute approximate surface area is 167 Å². The van der Waals surface area contributed by atoms with Gasteiger partial charge in [0.1, 0.15) is 5.54 Å². The zero-order chi connectivity index (χ0) is 20.3. The summed E-state index contributed by atoms with van der Waals surface area (Å²) in [6.07, 6.45) is 3.59. The number of hydrogen-bond donors (Lipinski definition) is 3. The minimum atomic E-state index is -1.33. The second kappa shape index (κ2) is 6.38. The number of nitrogens with one attached hydrogen (secondary N) is 2. The molecule has 29 heavy (non-hydrogen) atoms. The molecule has 1 aliphatic carbocycles. The lowest BCUT2D eigenvalue weighted by molar-refractivity contribution is -0.145. The summed E-state index contributed by atoms with van der Waals surface area (Å²) >= 11 is 0. The Bertz CT molecular complexity index is 925. The molecule has 4 atom stereocenters. The van der Waals surface area contributed by atoms with Gasteiger partial charge in [-0.3, -0.25) is 29.4 Å². The van der Waals surface area contributed by atoms with E-state index in [4.69, 9.17) is 5.11 Å². The molecular weight excluding hydrogens is 374 g/mol. The highest BCUT2D eigenvalue weighted by atomic mass is 16.4. The number of likely N-dealkylation sites (tertiary alicyclic amines) is 1. The molecule has 152 valence electrons. The van der Waals surface area contributed by atoms with Gasteiger partial charge in [-0.15, -0.1) is 0 Å². The van der Waals surface area contributed by atoms with E-state index in [0.29, 0.717) is 11.3 Å². The normalized spacial score (nSPS) is 33.4. The maximum atomic E-state index is 13.6. The summed E-state index contributed by atoms with van der Waals surface area (Å²) in [5.41, 5.74) is -0.0423. The Morgan fingerprint density at radius 2 is 1.86 bits per heavy atom. The summed E-state index contributed by atoms with van der Waals surface area (Å²) in [5, 5.41) is 15.3. The Balaban J connectivity index is 1.61. The van der Waals surface area contributed by atoms with E-state index in [-0.39, 0.29) is 36.6 Å². The van der Waals surface area contributed by atoms with Crippen LogP contribution in [-0.2, 0) is 24.7 Å². The van der Waals surface area contributed by atoms with E-state index < -0.39 is 29.4 Å². The van der Waals surface area contributed by atoms with Gasteiger partial charge in [-0.05, 0) is 25.3 Å². The van der Waals surface area contributed by atoms with Gasteiger partial charge in [0.05, 0.1) is 11.8 Å². The SMILES string of the molecule is O=C(O)CC[C@H]1N[C@]2(C(=O)Nc3ccccc32)[C@H]2C(=O)N(C3CCCC3)C(=O)[C@H]12. The van der Waals surface area contributed by atoms with Gasteiger partial charge in [0.2, 0.25) is 17.7 Å². The molecule has 0 radical (unpaired) electrons. The second-order valence-electron chi connectivity index (χ2n) is 8.48. The number of rotatable bonds is 4. The molecule has 0 unspecified atom stereocenters. The van der Waals surface area contributed by atoms with Gasteiger partial charge in [0.15, 0.2) is 0 Å². The van der Waals surface area contributed by atoms with E-state index in [1.165, 1.54) is 4.90 Å². The zero-order valence-corrected chi connectivity index (χ0v) is 15.9. The summed E-state index contributed by atoms with van der Waals surface area (Å²) in [6, 6.07) is 6.52. The van der Waals surface area contributed by atoms with Crippen molar-refractivity contribution in [1.29, 1.82) is 0 Å². The molecule has 4 aliphatic rings. The third-order valence-electron chi connectivity index (χ3n) is 7.02. The lowest BCUT2D eigenvalue weighted by Gasteiger charge is -2.31. The number of anilines is 1. The standard InChI is InChI=1S/C21H23N3O5/c25-15(26)10-9-14-16-17(19(28)24(18(16)27)11-5-1-2-6-11)21(23-14)12-7-3-4-8-13(12)22-20(21)29/h3-4,7-8,11,14,16-17,23H,1-2,5-6,9-10H2,(H,22,29)(H,25,26)/t14-,16-,17-,21+/m1/s1. The number of para-hydroxylation sites is 1. The quantitative estimate of drug-likeness (QED) is 0.658. The Morgan fingerprint density at radius 1 is 1.14 bits per heavy atom. The highest BCUT2D eigenvalue weighted by Gasteiger charge is 2.70. The molecule has 1 spiro atoms. The number of fused-ring (bicyclic) bond motifs is 4. The average Bonchev–Trinajstić information content (AvgIpc) is 3.42. The number of carbonyl (C=O) groups is 4. The maximum Gasteiger partial charge on any atom is 0.303 e. The Hall–Kier alpha value is -2.74. The van der Waals surface area contributed by atoms with Crippen LogP contribution >= 0.6 is 0 Å². The summed E-state index contributed by atoms with van der Waals surface area (Å²) in [5.74, 6) is -3.45. The number of nitrogens with zero attached hydrogens (tertiary/aromatic N) is 1. The number of carbonyl (C=O) groups excluding carboxylic acids is 3. The molecule has 1 aromatic carbocycles. The van der Waals surface area contributed by atoms with Gasteiger partial charge in [-0.25, -0.2) is 0 Å². The molecule has 1 aromatic rings. The van der Waals surface area contributed by atoms with E-state index in [1.54, 1.807) is 24.3 Å². The molecular formula is C21H23N3O5. The van der Waals surface area contributed by atoms with E-state index in [1.807, 2.05) is 0 Å². The van der Waals surface area contributed by atoms with Gasteiger partial charge >= 0.3 is 5.97 Å². The second-order valence-corrected chi connectivity index (χ2v) is 8.48. The Morgan fingerprint density at radius 3 is 2.59 bits per heavy atom. The van der Waals surface area contributed by atoms with Gasteiger partial charge in [-0.2, -0.15) is 0 Å². The van der Waals surface area contributed by atoms with Crippen LogP contribution in [0.15, 0.2) is 24.3 Å². The fraction of sp³-hybridized carbons (Fsp3) is 0.524. The fourth-order valence-electron chi connectivity index (χ4n) is 5.83. The molecule has 2 saturated heterocycles. The number of imide groups is 1. The van der Waals surface area contributed by atoms with E-state index in [9.17, 15) is 19.2 Å². The number of aliphatic carboxylic acids is 1. The predicted octanol–water partition coefficient (Wildman–Crippen LogP) is 1.21. The van der Waals surface area contributed by atoms with Crippen LogP contribution < -0.4 is 10.6 Å². The first kappa shape index (κ1) is 18.3. The van der Waals surface area contributed by atoms with Crippen LogP contribution in [0.25, 0.3) is 0 Å². The minimum Gasteiger partial charge on any atom is -0.481 e. The highest BCUT2D eigenvalue weighted by Crippen LogP contribution is 2.54. The van der Waals surface area contributed by atoms with Gasteiger partial charge in [0.25, 0.3) is 0 Å². The fourth-order valence-corrected chi connectivity index (χ4v) is 5.83. The predicted molar refractivity (Wildman–Crippen MR) is 102 cm³/mol. The van der Waals surface area contributed by atoms with Gasteiger partial charge in [-0.1, -0.05) is 31.0 Å². The first-order valence-corrected chi connectivity index (χ1v) is 10.2. The van der Waals surface area contributed by atoms with Crippen LogP contribution in [0.5, 0.6) is 0 Å². The molecule has 1 saturated carbocycles. The van der Waals surface area contributed by atoms with Crippen molar-refractivity contribution in [1.82, 2.24) is 10.2 Å². The van der Waals surface area contributed by atoms with Gasteiger partial charge < -0.3 is 10.4 Å². The average molecular weight is 397 g/mol. The first-order valence-electron chi connectivity index (χ1n) is 10.2. The molecule has 3 aliphatic heterocycles. The molecule has 3 fully saturated rings. The molecule has 3 heterocycles. The molecule has 8 heteroatoms. The van der Waals surface area contributed by atoms with Gasteiger partial charge in [0, 0.05) is 29.8 Å². The van der Waals surface area contributed by atoms with Crippen LogP contribution in [0.3, 0.4) is 0 Å². The topological polar surface area (TPSA) is 116 Å². The van der Waals surface area contributed by atoms with Crippen LogP contribution in [0.4, 0.5) is 5.69 Å². The van der Waals surface area contributed by atoms with Crippen molar-refractivity contribution in [3.8, 4) is 0 Å². The highest BCUT2D eigenvalue weighted by molar-refractivity contribution is 6.15. The smallest absolute Gasteiger partial charge is 0.303 e. The lowest BCUT2D eigenvalue weighted by Crippen LogP contribution is -2.54. The van der Waals surface area contributed by atoms with Crippen molar-refractivity contribution in [2.24, 2.45) is 11.8 Å². The summed E-state index contributed by atoms with van der Waals surface area (Å²) in [7, 11) is 0. The largest absolute Gasteiger partial charge is 0.481 e. The lowest BCUT2D eigenvalue weighted by atomic mass is 9.76. The van der Waals surface area contributed by atoms with E-state index >= 15 is 0 Å². The first-order chi connectivity index (χ1) is 13.9. The third-order valence-corrected chi connectivity index (χ3v) is 7.02.